The van der Waals surface area contributed by atoms with Crippen molar-refractivity contribution in [3.05, 3.63) is 0 Å². The molecule has 0 N–H and O–H groups in total. The van der Waals surface area contributed by atoms with Gasteiger partial charge < -0.3 is 4.74 Å². The van der Waals surface area contributed by atoms with E-state index in [2.05, 4.69) is 4.90 Å². The van der Waals surface area contributed by atoms with Crippen molar-refractivity contribution in [3.63, 3.8) is 0 Å². The fraction of sp³-hybridized carbons (Fsp3) is 0.933. The van der Waals surface area contributed by atoms with Gasteiger partial charge in [0, 0.05) is 24.9 Å². The first-order valence-corrected chi connectivity index (χ1v) is 7.88. The van der Waals surface area contributed by atoms with Crippen molar-refractivity contribution in [2.75, 3.05) is 26.3 Å². The monoisotopic (exact) mass is 307 g/mol. The van der Waals surface area contributed by atoms with Crippen molar-refractivity contribution >= 4 is 5.78 Å². The third kappa shape index (κ3) is 5.25. The minimum Gasteiger partial charge on any atom is -0.371 e. The molecule has 0 bridgehead atoms. The number of ketones is 1. The molecule has 0 aromatic carbocycles. The quantitative estimate of drug-likeness (QED) is 0.731. The molecule has 2 rings (SSSR count). The first-order chi connectivity index (χ1) is 9.97. The van der Waals surface area contributed by atoms with Crippen LogP contribution < -0.4 is 0 Å². The lowest BCUT2D eigenvalue weighted by Crippen LogP contribution is -2.48. The molecule has 2 aliphatic rings. The highest BCUT2D eigenvalue weighted by atomic mass is 19.4. The van der Waals surface area contributed by atoms with Crippen LogP contribution in [-0.2, 0) is 9.53 Å². The summed E-state index contributed by atoms with van der Waals surface area (Å²) in [6.45, 7) is 0.249. The van der Waals surface area contributed by atoms with Crippen molar-refractivity contribution in [2.24, 2.45) is 5.92 Å². The van der Waals surface area contributed by atoms with Gasteiger partial charge in [-0.05, 0) is 32.2 Å². The van der Waals surface area contributed by atoms with E-state index in [-0.39, 0.29) is 18.6 Å². The number of Topliss-reactive ketones (excluding diaryl/α,β-unsaturated/α-hetero) is 1. The first kappa shape index (κ1) is 16.7. The maximum Gasteiger partial charge on any atom is 0.411 e. The third-order valence-corrected chi connectivity index (χ3v) is 4.52. The molecule has 1 aliphatic carbocycles. The van der Waals surface area contributed by atoms with Gasteiger partial charge >= 0.3 is 6.18 Å². The molecule has 2 unspecified atom stereocenters. The van der Waals surface area contributed by atoms with Crippen LogP contribution in [-0.4, -0.2) is 49.2 Å². The highest BCUT2D eigenvalue weighted by molar-refractivity contribution is 5.82. The van der Waals surface area contributed by atoms with Crippen molar-refractivity contribution in [2.45, 2.75) is 57.2 Å². The zero-order valence-corrected chi connectivity index (χ0v) is 12.3. The lowest BCUT2D eigenvalue weighted by Gasteiger charge is -2.41. The zero-order chi connectivity index (χ0) is 15.3. The fourth-order valence-corrected chi connectivity index (χ4v) is 3.54. The minimum atomic E-state index is -4.26. The molecule has 1 saturated carbocycles. The summed E-state index contributed by atoms with van der Waals surface area (Å²) in [5.41, 5.74) is 0. The summed E-state index contributed by atoms with van der Waals surface area (Å²) in [4.78, 5) is 14.3. The van der Waals surface area contributed by atoms with Gasteiger partial charge in [-0.1, -0.05) is 12.8 Å². The number of piperidine rings is 1. The van der Waals surface area contributed by atoms with Crippen LogP contribution in [0.15, 0.2) is 0 Å². The Morgan fingerprint density at radius 2 is 1.90 bits per heavy atom. The van der Waals surface area contributed by atoms with E-state index >= 15 is 0 Å². The largest absolute Gasteiger partial charge is 0.411 e. The number of carbonyl (C=O) groups is 1. The molecule has 0 aromatic heterocycles. The summed E-state index contributed by atoms with van der Waals surface area (Å²) in [6.07, 6.45) is 2.55. The maximum atomic E-state index is 12.1. The van der Waals surface area contributed by atoms with Crippen LogP contribution in [0, 0.1) is 5.92 Å². The molecule has 6 heteroatoms. The Morgan fingerprint density at radius 1 is 1.14 bits per heavy atom. The molecule has 0 radical (unpaired) electrons. The number of likely N-dealkylation sites (tertiary alicyclic amines) is 1. The van der Waals surface area contributed by atoms with E-state index in [1.807, 2.05) is 0 Å². The maximum absolute atomic E-state index is 12.1. The Hall–Kier alpha value is -0.620. The normalized spacial score (nSPS) is 28.8. The van der Waals surface area contributed by atoms with E-state index in [4.69, 9.17) is 4.74 Å². The Morgan fingerprint density at radius 3 is 2.62 bits per heavy atom. The molecule has 0 spiro atoms. The summed E-state index contributed by atoms with van der Waals surface area (Å²) >= 11 is 0. The van der Waals surface area contributed by atoms with E-state index in [0.717, 1.165) is 45.1 Å². The van der Waals surface area contributed by atoms with Crippen LogP contribution in [0.4, 0.5) is 13.2 Å². The summed E-state index contributed by atoms with van der Waals surface area (Å²) < 4.78 is 40.9. The van der Waals surface area contributed by atoms with Crippen LogP contribution in [0.1, 0.15) is 44.9 Å². The number of halogens is 3. The summed E-state index contributed by atoms with van der Waals surface area (Å²) in [6, 6.07) is 0.209. The molecular formula is C15H24F3NO2. The van der Waals surface area contributed by atoms with Crippen LogP contribution in [0.25, 0.3) is 0 Å². The lowest BCUT2D eigenvalue weighted by molar-refractivity contribution is -0.175. The molecule has 1 heterocycles. The highest BCUT2D eigenvalue weighted by Crippen LogP contribution is 2.31. The van der Waals surface area contributed by atoms with Gasteiger partial charge in [-0.15, -0.1) is 0 Å². The third-order valence-electron chi connectivity index (χ3n) is 4.52. The van der Waals surface area contributed by atoms with Crippen molar-refractivity contribution < 1.29 is 22.7 Å². The minimum absolute atomic E-state index is 0.0803. The Balaban J connectivity index is 1.82. The van der Waals surface area contributed by atoms with Crippen LogP contribution in [0.5, 0.6) is 0 Å². The molecule has 2 atom stereocenters. The molecule has 2 fully saturated rings. The van der Waals surface area contributed by atoms with Crippen LogP contribution in [0.3, 0.4) is 0 Å². The van der Waals surface area contributed by atoms with Crippen LogP contribution >= 0.6 is 0 Å². The number of alkyl halides is 3. The number of ether oxygens (including phenoxy) is 1. The smallest absolute Gasteiger partial charge is 0.371 e. The number of carbonyl (C=O) groups excluding carboxylic acids is 1. The zero-order valence-electron chi connectivity index (χ0n) is 12.3. The molecule has 1 aliphatic heterocycles. The Bertz CT molecular complexity index is 346. The molecular weight excluding hydrogens is 283 g/mol. The average Bonchev–Trinajstić information content (AvgIpc) is 2.44. The number of rotatable bonds is 5. The van der Waals surface area contributed by atoms with Gasteiger partial charge in [-0.3, -0.25) is 9.69 Å². The van der Waals surface area contributed by atoms with E-state index in [1.54, 1.807) is 0 Å². The Labute approximate surface area is 123 Å². The topological polar surface area (TPSA) is 29.5 Å². The van der Waals surface area contributed by atoms with Crippen molar-refractivity contribution in [1.29, 1.82) is 0 Å². The Kier molecular flexibility index (Phi) is 6.05. The molecule has 21 heavy (non-hydrogen) atoms. The van der Waals surface area contributed by atoms with Gasteiger partial charge in [0.15, 0.2) is 0 Å². The van der Waals surface area contributed by atoms with Crippen molar-refractivity contribution in [1.82, 2.24) is 4.90 Å². The van der Waals surface area contributed by atoms with Gasteiger partial charge in [0.1, 0.15) is 12.4 Å². The molecule has 122 valence electrons. The van der Waals surface area contributed by atoms with E-state index in [0.29, 0.717) is 18.7 Å². The van der Waals surface area contributed by atoms with Gasteiger partial charge in [-0.25, -0.2) is 0 Å². The fourth-order valence-electron chi connectivity index (χ4n) is 3.54. The second kappa shape index (κ2) is 7.58. The van der Waals surface area contributed by atoms with E-state index in [9.17, 15) is 18.0 Å². The van der Waals surface area contributed by atoms with E-state index < -0.39 is 12.8 Å². The van der Waals surface area contributed by atoms with Gasteiger partial charge in [0.05, 0.1) is 6.61 Å². The van der Waals surface area contributed by atoms with Gasteiger partial charge in [0.2, 0.25) is 0 Å². The standard InChI is InChI=1S/C15H24F3NO2/c16-15(17,18)11-21-10-9-19-8-4-3-6-13(19)12-5-1-2-7-14(12)20/h12-13H,1-11H2. The predicted octanol–water partition coefficient (Wildman–Crippen LogP) is 3.18. The first-order valence-electron chi connectivity index (χ1n) is 7.88. The number of hydrogen-bond acceptors (Lipinski definition) is 3. The SMILES string of the molecule is O=C1CCCCC1C1CCCCN1CCOCC(F)(F)F. The summed E-state index contributed by atoms with van der Waals surface area (Å²) in [5, 5.41) is 0. The number of hydrogen-bond donors (Lipinski definition) is 0. The predicted molar refractivity (Wildman–Crippen MR) is 73.1 cm³/mol. The molecule has 3 nitrogen and oxygen atoms in total. The van der Waals surface area contributed by atoms with Crippen LogP contribution in [0.2, 0.25) is 0 Å². The lowest BCUT2D eigenvalue weighted by atomic mass is 9.79. The molecule has 0 amide bonds. The van der Waals surface area contributed by atoms with Crippen molar-refractivity contribution in [3.8, 4) is 0 Å². The second-order valence-corrected chi connectivity index (χ2v) is 6.09. The van der Waals surface area contributed by atoms with Gasteiger partial charge in [-0.2, -0.15) is 13.2 Å². The molecule has 1 saturated heterocycles. The average molecular weight is 307 g/mol. The highest BCUT2D eigenvalue weighted by Gasteiger charge is 2.35. The number of nitrogens with zero attached hydrogens (tertiary/aromatic N) is 1. The van der Waals surface area contributed by atoms with E-state index in [1.165, 1.54) is 0 Å². The van der Waals surface area contributed by atoms with Gasteiger partial charge in [0.25, 0.3) is 0 Å². The summed E-state index contributed by atoms with van der Waals surface area (Å²) in [5.74, 6) is 0.427. The molecule has 0 aromatic rings. The summed E-state index contributed by atoms with van der Waals surface area (Å²) in [7, 11) is 0. The second-order valence-electron chi connectivity index (χ2n) is 6.09.